The second-order valence-electron chi connectivity index (χ2n) is 7.42. The lowest BCUT2D eigenvalue weighted by atomic mass is 9.65. The number of fused-ring (bicyclic) bond motifs is 1. The normalized spacial score (nSPS) is 21.2. The van der Waals surface area contributed by atoms with E-state index in [1.54, 1.807) is 14.2 Å². The standard InChI is InChI=1S/C21H30N2O4/c1-26-14-12-22-19(24)18-16-8-4-5-9-17(16)20(25)23(13-15-27-2)21(18)10-6-3-7-11-21/h4-5,8-9,18H,3,6-7,10-15H2,1-2H3,(H,22,24)/t18-/m0/s1. The second kappa shape index (κ2) is 8.85. The Morgan fingerprint density at radius 1 is 1.15 bits per heavy atom. The quantitative estimate of drug-likeness (QED) is 0.744. The van der Waals surface area contributed by atoms with Gasteiger partial charge < -0.3 is 19.7 Å². The monoisotopic (exact) mass is 374 g/mol. The summed E-state index contributed by atoms with van der Waals surface area (Å²) in [7, 11) is 3.26. The van der Waals surface area contributed by atoms with Crippen LogP contribution in [0.25, 0.3) is 0 Å². The molecule has 2 amide bonds. The fourth-order valence-corrected chi connectivity index (χ4v) is 4.73. The number of nitrogens with zero attached hydrogens (tertiary/aromatic N) is 1. The van der Waals surface area contributed by atoms with Crippen LogP contribution in [0, 0.1) is 0 Å². The van der Waals surface area contributed by atoms with Crippen LogP contribution in [0.2, 0.25) is 0 Å². The van der Waals surface area contributed by atoms with Gasteiger partial charge in [-0.1, -0.05) is 37.5 Å². The fourth-order valence-electron chi connectivity index (χ4n) is 4.73. The van der Waals surface area contributed by atoms with Crippen LogP contribution in [0.1, 0.15) is 53.9 Å². The molecule has 1 aromatic rings. The van der Waals surface area contributed by atoms with Crippen LogP contribution in [0.15, 0.2) is 24.3 Å². The predicted molar refractivity (Wildman–Crippen MR) is 103 cm³/mol. The number of carbonyl (C=O) groups is 2. The van der Waals surface area contributed by atoms with Crippen molar-refractivity contribution in [3.63, 3.8) is 0 Å². The van der Waals surface area contributed by atoms with Crippen molar-refractivity contribution in [3.05, 3.63) is 35.4 Å². The number of hydrogen-bond acceptors (Lipinski definition) is 4. The number of rotatable bonds is 7. The molecule has 27 heavy (non-hydrogen) atoms. The van der Waals surface area contributed by atoms with Crippen molar-refractivity contribution in [2.45, 2.75) is 43.6 Å². The van der Waals surface area contributed by atoms with Gasteiger partial charge in [0.2, 0.25) is 5.91 Å². The number of nitrogens with one attached hydrogen (secondary N) is 1. The summed E-state index contributed by atoms with van der Waals surface area (Å²) >= 11 is 0. The number of hydrogen-bond donors (Lipinski definition) is 1. The average Bonchev–Trinajstić information content (AvgIpc) is 2.69. The Kier molecular flexibility index (Phi) is 6.50. The minimum absolute atomic E-state index is 0.0173. The molecule has 0 aromatic heterocycles. The van der Waals surface area contributed by atoms with Gasteiger partial charge in [-0.15, -0.1) is 0 Å². The van der Waals surface area contributed by atoms with Crippen molar-refractivity contribution in [2.24, 2.45) is 0 Å². The average molecular weight is 374 g/mol. The highest BCUT2D eigenvalue weighted by Crippen LogP contribution is 2.49. The van der Waals surface area contributed by atoms with E-state index in [4.69, 9.17) is 9.47 Å². The van der Waals surface area contributed by atoms with Crippen LogP contribution in [0.4, 0.5) is 0 Å². The van der Waals surface area contributed by atoms with Gasteiger partial charge >= 0.3 is 0 Å². The maximum Gasteiger partial charge on any atom is 0.254 e. The summed E-state index contributed by atoms with van der Waals surface area (Å²) in [6, 6.07) is 7.56. The van der Waals surface area contributed by atoms with Crippen LogP contribution in [-0.2, 0) is 14.3 Å². The Balaban J connectivity index is 2.05. The molecule has 1 N–H and O–H groups in total. The zero-order chi connectivity index (χ0) is 19.3. The molecule has 6 nitrogen and oxygen atoms in total. The Morgan fingerprint density at radius 3 is 2.56 bits per heavy atom. The zero-order valence-electron chi connectivity index (χ0n) is 16.3. The third kappa shape index (κ3) is 3.73. The summed E-state index contributed by atoms with van der Waals surface area (Å²) in [6.45, 7) is 1.91. The van der Waals surface area contributed by atoms with E-state index in [0.29, 0.717) is 31.9 Å². The smallest absolute Gasteiger partial charge is 0.254 e. The molecular formula is C21H30N2O4. The van der Waals surface area contributed by atoms with Crippen molar-refractivity contribution in [1.82, 2.24) is 10.2 Å². The zero-order valence-corrected chi connectivity index (χ0v) is 16.3. The molecule has 3 rings (SSSR count). The van der Waals surface area contributed by atoms with Gasteiger partial charge in [-0.2, -0.15) is 0 Å². The molecule has 1 aliphatic heterocycles. The summed E-state index contributed by atoms with van der Waals surface area (Å²) in [6.07, 6.45) is 4.90. The molecule has 1 saturated carbocycles. The number of amides is 2. The van der Waals surface area contributed by atoms with Crippen molar-refractivity contribution >= 4 is 11.8 Å². The maximum atomic E-state index is 13.3. The van der Waals surface area contributed by atoms with Gasteiger partial charge in [0.25, 0.3) is 5.91 Å². The Bertz CT molecular complexity index is 670. The van der Waals surface area contributed by atoms with Crippen LogP contribution >= 0.6 is 0 Å². The highest BCUT2D eigenvalue weighted by atomic mass is 16.5. The van der Waals surface area contributed by atoms with Gasteiger partial charge in [0.1, 0.15) is 0 Å². The van der Waals surface area contributed by atoms with Gasteiger partial charge in [0.05, 0.1) is 24.7 Å². The fraction of sp³-hybridized carbons (Fsp3) is 0.619. The van der Waals surface area contributed by atoms with E-state index in [-0.39, 0.29) is 17.7 Å². The molecule has 0 radical (unpaired) electrons. The molecule has 1 atom stereocenters. The van der Waals surface area contributed by atoms with E-state index in [1.165, 1.54) is 0 Å². The van der Waals surface area contributed by atoms with Crippen LogP contribution in [0.5, 0.6) is 0 Å². The van der Waals surface area contributed by atoms with Gasteiger partial charge in [0, 0.05) is 32.9 Å². The van der Waals surface area contributed by atoms with Gasteiger partial charge in [0.15, 0.2) is 0 Å². The Morgan fingerprint density at radius 2 is 1.85 bits per heavy atom. The first-order valence-electron chi connectivity index (χ1n) is 9.82. The lowest BCUT2D eigenvalue weighted by molar-refractivity contribution is -0.127. The minimum atomic E-state index is -0.473. The van der Waals surface area contributed by atoms with Crippen molar-refractivity contribution < 1.29 is 19.1 Å². The largest absolute Gasteiger partial charge is 0.383 e. The summed E-state index contributed by atoms with van der Waals surface area (Å²) in [5, 5.41) is 3.02. The van der Waals surface area contributed by atoms with E-state index in [2.05, 4.69) is 5.32 Å². The van der Waals surface area contributed by atoms with E-state index in [9.17, 15) is 9.59 Å². The Hall–Kier alpha value is -1.92. The van der Waals surface area contributed by atoms with E-state index >= 15 is 0 Å². The second-order valence-corrected chi connectivity index (χ2v) is 7.42. The lowest BCUT2D eigenvalue weighted by Crippen LogP contribution is -2.63. The molecule has 0 saturated heterocycles. The SMILES string of the molecule is COCCNC(=O)[C@@H]1c2ccccc2C(=O)N(CCOC)C12CCCCC2. The number of methoxy groups -OCH3 is 2. The van der Waals surface area contributed by atoms with Gasteiger partial charge in [-0.25, -0.2) is 0 Å². The molecule has 1 fully saturated rings. The Labute approximate surface area is 161 Å². The first kappa shape index (κ1) is 19.8. The molecule has 0 unspecified atom stereocenters. The lowest BCUT2D eigenvalue weighted by Gasteiger charge is -2.53. The van der Waals surface area contributed by atoms with E-state index in [1.807, 2.05) is 29.2 Å². The van der Waals surface area contributed by atoms with Crippen LogP contribution in [-0.4, -0.2) is 62.8 Å². The summed E-state index contributed by atoms with van der Waals surface area (Å²) in [5.74, 6) is -0.359. The summed E-state index contributed by atoms with van der Waals surface area (Å²) < 4.78 is 10.4. The van der Waals surface area contributed by atoms with Crippen molar-refractivity contribution in [2.75, 3.05) is 40.5 Å². The topological polar surface area (TPSA) is 67.9 Å². The molecule has 1 heterocycles. The summed E-state index contributed by atoms with van der Waals surface area (Å²) in [4.78, 5) is 28.6. The molecule has 2 aliphatic rings. The molecule has 0 bridgehead atoms. The first-order chi connectivity index (χ1) is 13.2. The highest BCUT2D eigenvalue weighted by Gasteiger charge is 2.54. The van der Waals surface area contributed by atoms with Crippen molar-refractivity contribution in [3.8, 4) is 0 Å². The maximum absolute atomic E-state index is 13.3. The predicted octanol–water partition coefficient (Wildman–Crippen LogP) is 2.34. The van der Waals surface area contributed by atoms with Crippen LogP contribution in [0.3, 0.4) is 0 Å². The molecule has 1 aliphatic carbocycles. The molecule has 148 valence electrons. The third-order valence-electron chi connectivity index (χ3n) is 5.93. The molecule has 6 heteroatoms. The van der Waals surface area contributed by atoms with Crippen LogP contribution < -0.4 is 5.32 Å². The first-order valence-corrected chi connectivity index (χ1v) is 9.82. The van der Waals surface area contributed by atoms with Gasteiger partial charge in [-0.3, -0.25) is 9.59 Å². The number of benzene rings is 1. The summed E-state index contributed by atoms with van der Waals surface area (Å²) in [5.41, 5.74) is 1.02. The highest BCUT2D eigenvalue weighted by molar-refractivity contribution is 6.02. The van der Waals surface area contributed by atoms with Crippen molar-refractivity contribution in [1.29, 1.82) is 0 Å². The van der Waals surface area contributed by atoms with E-state index in [0.717, 1.165) is 37.7 Å². The molecular weight excluding hydrogens is 344 g/mol. The molecule has 1 spiro atoms. The molecule has 1 aromatic carbocycles. The van der Waals surface area contributed by atoms with E-state index < -0.39 is 5.54 Å². The van der Waals surface area contributed by atoms with Gasteiger partial charge in [-0.05, 0) is 24.5 Å². The minimum Gasteiger partial charge on any atom is -0.383 e. The number of ether oxygens (including phenoxy) is 2. The third-order valence-corrected chi connectivity index (χ3v) is 5.93. The number of carbonyl (C=O) groups excluding carboxylic acids is 2.